The fourth-order valence-electron chi connectivity index (χ4n) is 2.47. The minimum Gasteiger partial charge on any atom is -0.487 e. The molecular formula is C19H18ClN3O3. The molecule has 1 N–H and O–H groups in total. The molecule has 6 nitrogen and oxygen atoms in total. The summed E-state index contributed by atoms with van der Waals surface area (Å²) in [5.74, 6) is 0.546. The highest BCUT2D eigenvalue weighted by atomic mass is 35.5. The maximum atomic E-state index is 12.2. The van der Waals surface area contributed by atoms with Gasteiger partial charge in [0.1, 0.15) is 18.0 Å². The van der Waals surface area contributed by atoms with Crippen LogP contribution >= 0.6 is 11.6 Å². The van der Waals surface area contributed by atoms with Gasteiger partial charge in [0, 0.05) is 30.4 Å². The Morgan fingerprint density at radius 3 is 2.92 bits per heavy atom. The lowest BCUT2D eigenvalue weighted by Crippen LogP contribution is -2.16. The number of carbonyl (C=O) groups is 1. The molecule has 0 unspecified atom stereocenters. The second-order valence-corrected chi connectivity index (χ2v) is 6.21. The molecule has 0 saturated heterocycles. The van der Waals surface area contributed by atoms with Crippen LogP contribution in [0.25, 0.3) is 5.65 Å². The molecule has 0 spiro atoms. The quantitative estimate of drug-likeness (QED) is 0.717. The zero-order valence-electron chi connectivity index (χ0n) is 14.2. The third kappa shape index (κ3) is 4.40. The normalized spacial score (nSPS) is 10.7. The number of nitrogens with one attached hydrogen (secondary N) is 1. The van der Waals surface area contributed by atoms with Gasteiger partial charge in [-0.3, -0.25) is 14.0 Å². The van der Waals surface area contributed by atoms with Gasteiger partial charge in [0.2, 0.25) is 5.91 Å². The van der Waals surface area contributed by atoms with Crippen LogP contribution < -0.4 is 15.6 Å². The maximum Gasteiger partial charge on any atom is 0.258 e. The molecule has 0 fully saturated rings. The summed E-state index contributed by atoms with van der Waals surface area (Å²) in [5.41, 5.74) is 1.46. The van der Waals surface area contributed by atoms with Crippen molar-refractivity contribution >= 4 is 28.8 Å². The Morgan fingerprint density at radius 2 is 2.12 bits per heavy atom. The van der Waals surface area contributed by atoms with E-state index in [0.29, 0.717) is 34.2 Å². The van der Waals surface area contributed by atoms with Crippen LogP contribution in [-0.2, 0) is 11.4 Å². The van der Waals surface area contributed by atoms with Crippen LogP contribution in [-0.4, -0.2) is 15.3 Å². The lowest BCUT2D eigenvalue weighted by molar-refractivity contribution is -0.116. The molecule has 0 bridgehead atoms. The molecule has 0 radical (unpaired) electrons. The summed E-state index contributed by atoms with van der Waals surface area (Å²) >= 11 is 5.90. The first-order chi connectivity index (χ1) is 12.5. The van der Waals surface area contributed by atoms with Crippen LogP contribution in [0.5, 0.6) is 5.75 Å². The van der Waals surface area contributed by atoms with Crippen molar-refractivity contribution in [2.45, 2.75) is 26.4 Å². The van der Waals surface area contributed by atoms with E-state index in [-0.39, 0.29) is 18.1 Å². The number of hydrogen-bond acceptors (Lipinski definition) is 4. The summed E-state index contributed by atoms with van der Waals surface area (Å²) < 4.78 is 7.10. The number of benzene rings is 1. The second kappa shape index (κ2) is 8.01. The zero-order valence-corrected chi connectivity index (χ0v) is 15.0. The Balaban J connectivity index is 1.73. The first-order valence-corrected chi connectivity index (χ1v) is 8.63. The molecule has 0 aliphatic carbocycles. The smallest absolute Gasteiger partial charge is 0.258 e. The van der Waals surface area contributed by atoms with Crippen molar-refractivity contribution in [2.75, 3.05) is 5.32 Å². The first kappa shape index (κ1) is 17.9. The van der Waals surface area contributed by atoms with E-state index in [1.54, 1.807) is 36.4 Å². The van der Waals surface area contributed by atoms with E-state index in [9.17, 15) is 9.59 Å². The van der Waals surface area contributed by atoms with Gasteiger partial charge in [-0.1, -0.05) is 24.6 Å². The number of anilines is 1. The monoisotopic (exact) mass is 371 g/mol. The van der Waals surface area contributed by atoms with Crippen LogP contribution in [0.2, 0.25) is 5.02 Å². The number of amides is 1. The van der Waals surface area contributed by atoms with E-state index in [1.807, 2.05) is 6.92 Å². The van der Waals surface area contributed by atoms with Crippen molar-refractivity contribution in [3.8, 4) is 5.75 Å². The largest absolute Gasteiger partial charge is 0.487 e. The van der Waals surface area contributed by atoms with Gasteiger partial charge in [0.05, 0.1) is 10.7 Å². The fraction of sp³-hybridized carbons (Fsp3) is 0.211. The summed E-state index contributed by atoms with van der Waals surface area (Å²) in [6.45, 7) is 2.09. The van der Waals surface area contributed by atoms with Crippen molar-refractivity contribution in [3.63, 3.8) is 0 Å². The predicted molar refractivity (Wildman–Crippen MR) is 101 cm³/mol. The zero-order chi connectivity index (χ0) is 18.5. The van der Waals surface area contributed by atoms with Gasteiger partial charge in [-0.2, -0.15) is 0 Å². The van der Waals surface area contributed by atoms with Gasteiger partial charge in [-0.15, -0.1) is 0 Å². The molecule has 2 aromatic heterocycles. The van der Waals surface area contributed by atoms with Crippen LogP contribution in [0, 0.1) is 0 Å². The number of ether oxygens (including phenoxy) is 1. The summed E-state index contributed by atoms with van der Waals surface area (Å²) in [7, 11) is 0. The van der Waals surface area contributed by atoms with Crippen molar-refractivity contribution in [2.24, 2.45) is 0 Å². The highest BCUT2D eigenvalue weighted by Gasteiger charge is 2.06. The SMILES string of the molecule is CCCC(=O)Nc1cccc(OCc2cc(=O)n3cc(Cl)ccc3n2)c1. The minimum atomic E-state index is -0.225. The molecule has 0 aliphatic heterocycles. The van der Waals surface area contributed by atoms with Crippen LogP contribution in [0.4, 0.5) is 5.69 Å². The number of fused-ring (bicyclic) bond motifs is 1. The summed E-state index contributed by atoms with van der Waals surface area (Å²) in [6, 6.07) is 11.9. The molecule has 0 aliphatic rings. The molecule has 134 valence electrons. The molecule has 3 aromatic rings. The average Bonchev–Trinajstić information content (AvgIpc) is 2.61. The summed E-state index contributed by atoms with van der Waals surface area (Å²) in [5, 5.41) is 3.28. The molecule has 3 rings (SSSR count). The third-order valence-corrected chi connectivity index (χ3v) is 3.88. The topological polar surface area (TPSA) is 72.7 Å². The Hall–Kier alpha value is -2.86. The van der Waals surface area contributed by atoms with Gasteiger partial charge < -0.3 is 10.1 Å². The number of nitrogens with zero attached hydrogens (tertiary/aromatic N) is 2. The lowest BCUT2D eigenvalue weighted by Gasteiger charge is -2.09. The number of rotatable bonds is 6. The maximum absolute atomic E-state index is 12.2. The van der Waals surface area contributed by atoms with E-state index in [2.05, 4.69) is 10.3 Å². The molecule has 2 heterocycles. The van der Waals surface area contributed by atoms with Gasteiger partial charge >= 0.3 is 0 Å². The standard InChI is InChI=1S/C19H18ClN3O3/c1-2-4-18(24)22-14-5-3-6-16(9-14)26-12-15-10-19(25)23-11-13(20)7-8-17(23)21-15/h3,5-11H,2,4,12H2,1H3,(H,22,24). The highest BCUT2D eigenvalue weighted by molar-refractivity contribution is 6.30. The molecule has 1 amide bonds. The highest BCUT2D eigenvalue weighted by Crippen LogP contribution is 2.19. The van der Waals surface area contributed by atoms with Gasteiger partial charge in [-0.05, 0) is 30.7 Å². The molecular weight excluding hydrogens is 354 g/mol. The van der Waals surface area contributed by atoms with E-state index in [4.69, 9.17) is 16.3 Å². The Labute approximate surface area is 155 Å². The number of halogens is 1. The molecule has 0 saturated carbocycles. The second-order valence-electron chi connectivity index (χ2n) is 5.78. The number of aromatic nitrogens is 2. The van der Waals surface area contributed by atoms with Crippen LogP contribution in [0.1, 0.15) is 25.5 Å². The Morgan fingerprint density at radius 1 is 1.27 bits per heavy atom. The van der Waals surface area contributed by atoms with Crippen molar-refractivity contribution in [1.29, 1.82) is 0 Å². The van der Waals surface area contributed by atoms with E-state index >= 15 is 0 Å². The van der Waals surface area contributed by atoms with Crippen LogP contribution in [0.3, 0.4) is 0 Å². The summed E-state index contributed by atoms with van der Waals surface area (Å²) in [6.07, 6.45) is 2.79. The van der Waals surface area contributed by atoms with E-state index in [0.717, 1.165) is 6.42 Å². The Bertz CT molecular complexity index is 1000. The molecule has 26 heavy (non-hydrogen) atoms. The van der Waals surface area contributed by atoms with Crippen LogP contribution in [0.15, 0.2) is 53.5 Å². The van der Waals surface area contributed by atoms with Gasteiger partial charge in [-0.25, -0.2) is 4.98 Å². The van der Waals surface area contributed by atoms with Gasteiger partial charge in [0.25, 0.3) is 5.56 Å². The third-order valence-electron chi connectivity index (χ3n) is 3.66. The first-order valence-electron chi connectivity index (χ1n) is 8.25. The predicted octanol–water partition coefficient (Wildman–Crippen LogP) is 3.67. The molecule has 7 heteroatoms. The minimum absolute atomic E-state index is 0.0347. The van der Waals surface area contributed by atoms with Crippen molar-refractivity contribution < 1.29 is 9.53 Å². The lowest BCUT2D eigenvalue weighted by atomic mass is 10.2. The van der Waals surface area contributed by atoms with Gasteiger partial charge in [0.15, 0.2) is 0 Å². The van der Waals surface area contributed by atoms with E-state index < -0.39 is 0 Å². The fourth-order valence-corrected chi connectivity index (χ4v) is 2.63. The average molecular weight is 372 g/mol. The van der Waals surface area contributed by atoms with Crippen molar-refractivity contribution in [3.05, 3.63) is 69.7 Å². The molecule has 1 aromatic carbocycles. The number of hydrogen-bond donors (Lipinski definition) is 1. The Kier molecular flexibility index (Phi) is 5.53. The number of pyridine rings is 1. The van der Waals surface area contributed by atoms with Crippen molar-refractivity contribution in [1.82, 2.24) is 9.38 Å². The van der Waals surface area contributed by atoms with E-state index in [1.165, 1.54) is 16.7 Å². The molecule has 0 atom stereocenters. The summed E-state index contributed by atoms with van der Waals surface area (Å²) in [4.78, 5) is 28.2. The number of carbonyl (C=O) groups excluding carboxylic acids is 1.